The Morgan fingerprint density at radius 1 is 1.08 bits per heavy atom. The van der Waals surface area contributed by atoms with Crippen molar-refractivity contribution in [3.05, 3.63) is 0 Å². The van der Waals surface area contributed by atoms with E-state index in [1.54, 1.807) is 28.1 Å². The molecule has 0 aromatic heterocycles. The zero-order valence-corrected chi connectivity index (χ0v) is 8.13. The van der Waals surface area contributed by atoms with Gasteiger partial charge in [-0.1, -0.05) is 6.92 Å². The number of amides is 2. The number of nitrogens with zero attached hydrogens (tertiary/aromatic N) is 2. The molecule has 0 fully saturated rings. The molecular formula is C8H16N2O2. The van der Waals surface area contributed by atoms with Crippen molar-refractivity contribution in [1.82, 2.24) is 9.80 Å². The predicted octanol–water partition coefficient (Wildman–Crippen LogP) is -0.0570. The van der Waals surface area contributed by atoms with E-state index >= 15 is 0 Å². The van der Waals surface area contributed by atoms with E-state index in [2.05, 4.69) is 0 Å². The molecule has 2 amide bonds. The van der Waals surface area contributed by atoms with Crippen molar-refractivity contribution in [2.45, 2.75) is 13.3 Å². The topological polar surface area (TPSA) is 40.6 Å². The van der Waals surface area contributed by atoms with Crippen LogP contribution in [0.1, 0.15) is 13.3 Å². The Bertz CT molecular complexity index is 178. The van der Waals surface area contributed by atoms with Gasteiger partial charge in [-0.3, -0.25) is 9.59 Å². The van der Waals surface area contributed by atoms with E-state index in [0.29, 0.717) is 6.42 Å². The number of carbonyl (C=O) groups excluding carboxylic acids is 2. The first-order valence-electron chi connectivity index (χ1n) is 3.93. The predicted molar refractivity (Wildman–Crippen MR) is 46.6 cm³/mol. The van der Waals surface area contributed by atoms with E-state index in [-0.39, 0.29) is 18.4 Å². The van der Waals surface area contributed by atoms with Crippen molar-refractivity contribution in [3.8, 4) is 0 Å². The van der Waals surface area contributed by atoms with Gasteiger partial charge in [-0.15, -0.1) is 0 Å². The quantitative estimate of drug-likeness (QED) is 0.598. The van der Waals surface area contributed by atoms with E-state index < -0.39 is 0 Å². The second-order valence-corrected chi connectivity index (χ2v) is 2.89. The van der Waals surface area contributed by atoms with Gasteiger partial charge in [0.1, 0.15) is 0 Å². The van der Waals surface area contributed by atoms with E-state index in [1.165, 1.54) is 9.80 Å². The van der Waals surface area contributed by atoms with Crippen LogP contribution in [0.4, 0.5) is 0 Å². The van der Waals surface area contributed by atoms with Gasteiger partial charge in [0.25, 0.3) is 0 Å². The summed E-state index contributed by atoms with van der Waals surface area (Å²) >= 11 is 0. The average molecular weight is 172 g/mol. The van der Waals surface area contributed by atoms with Crippen LogP contribution in [0.25, 0.3) is 0 Å². The van der Waals surface area contributed by atoms with Crippen molar-refractivity contribution in [3.63, 3.8) is 0 Å². The normalized spacial score (nSPS) is 9.33. The van der Waals surface area contributed by atoms with Gasteiger partial charge < -0.3 is 9.80 Å². The third-order valence-electron chi connectivity index (χ3n) is 1.60. The van der Waals surface area contributed by atoms with Crippen molar-refractivity contribution in [2.75, 3.05) is 27.7 Å². The summed E-state index contributed by atoms with van der Waals surface area (Å²) in [6, 6.07) is 0. The van der Waals surface area contributed by atoms with Crippen molar-refractivity contribution >= 4 is 11.8 Å². The van der Waals surface area contributed by atoms with Gasteiger partial charge in [-0.2, -0.15) is 0 Å². The van der Waals surface area contributed by atoms with Crippen LogP contribution in [0.2, 0.25) is 0 Å². The van der Waals surface area contributed by atoms with Crippen molar-refractivity contribution < 1.29 is 9.59 Å². The lowest BCUT2D eigenvalue weighted by molar-refractivity contribution is -0.137. The molecule has 4 nitrogen and oxygen atoms in total. The smallest absolute Gasteiger partial charge is 0.241 e. The van der Waals surface area contributed by atoms with E-state index in [0.717, 1.165) is 0 Å². The number of rotatable bonds is 3. The lowest BCUT2D eigenvalue weighted by Crippen LogP contribution is -2.37. The van der Waals surface area contributed by atoms with Gasteiger partial charge in [0.2, 0.25) is 11.8 Å². The molecule has 0 aliphatic rings. The summed E-state index contributed by atoms with van der Waals surface area (Å²) < 4.78 is 0. The third-order valence-corrected chi connectivity index (χ3v) is 1.60. The van der Waals surface area contributed by atoms with Gasteiger partial charge in [0.15, 0.2) is 0 Å². The molecule has 0 saturated heterocycles. The zero-order chi connectivity index (χ0) is 9.72. The molecule has 0 bridgehead atoms. The minimum atomic E-state index is -0.0562. The van der Waals surface area contributed by atoms with E-state index in [1.807, 2.05) is 0 Å². The molecule has 0 saturated carbocycles. The first kappa shape index (κ1) is 10.9. The Labute approximate surface area is 73.1 Å². The molecular weight excluding hydrogens is 156 g/mol. The second-order valence-electron chi connectivity index (χ2n) is 2.89. The highest BCUT2D eigenvalue weighted by Gasteiger charge is 2.11. The molecule has 12 heavy (non-hydrogen) atoms. The maximum Gasteiger partial charge on any atom is 0.241 e. The molecule has 0 spiro atoms. The number of hydrogen-bond donors (Lipinski definition) is 0. The largest absolute Gasteiger partial charge is 0.347 e. The molecule has 0 rings (SSSR count). The maximum atomic E-state index is 11.1. The summed E-state index contributed by atoms with van der Waals surface area (Å²) in [5.41, 5.74) is 0. The standard InChI is InChI=1S/C8H16N2O2/c1-5-7(11)10(4)6-8(12)9(2)3/h5-6H2,1-4H3. The molecule has 0 aromatic carbocycles. The molecule has 0 aliphatic heterocycles. The first-order chi connectivity index (χ1) is 5.49. The van der Waals surface area contributed by atoms with Crippen molar-refractivity contribution in [2.24, 2.45) is 0 Å². The molecule has 0 N–H and O–H groups in total. The third kappa shape index (κ3) is 3.37. The molecule has 4 heteroatoms. The van der Waals surface area contributed by atoms with Crippen LogP contribution in [0.3, 0.4) is 0 Å². The second kappa shape index (κ2) is 4.74. The summed E-state index contributed by atoms with van der Waals surface area (Å²) in [6.07, 6.45) is 0.442. The Morgan fingerprint density at radius 2 is 1.58 bits per heavy atom. The highest BCUT2D eigenvalue weighted by atomic mass is 16.2. The summed E-state index contributed by atoms with van der Waals surface area (Å²) in [5.74, 6) is -0.0653. The number of carbonyl (C=O) groups is 2. The van der Waals surface area contributed by atoms with Crippen LogP contribution in [0, 0.1) is 0 Å². The SMILES string of the molecule is CCC(=O)N(C)CC(=O)N(C)C. The number of hydrogen-bond acceptors (Lipinski definition) is 2. The average Bonchev–Trinajstić information content (AvgIpc) is 2.02. The Hall–Kier alpha value is -1.06. The zero-order valence-electron chi connectivity index (χ0n) is 8.13. The summed E-state index contributed by atoms with van der Waals surface area (Å²) in [4.78, 5) is 25.0. The Morgan fingerprint density at radius 3 is 1.92 bits per heavy atom. The van der Waals surface area contributed by atoms with Crippen LogP contribution in [0.15, 0.2) is 0 Å². The van der Waals surface area contributed by atoms with Crippen LogP contribution < -0.4 is 0 Å². The minimum absolute atomic E-state index is 0.00907. The molecule has 0 atom stereocenters. The van der Waals surface area contributed by atoms with Crippen molar-refractivity contribution in [1.29, 1.82) is 0 Å². The van der Waals surface area contributed by atoms with E-state index in [9.17, 15) is 9.59 Å². The fraction of sp³-hybridized carbons (Fsp3) is 0.750. The molecule has 0 aliphatic carbocycles. The van der Waals surface area contributed by atoms with Crippen LogP contribution >= 0.6 is 0 Å². The molecule has 70 valence electrons. The molecule has 0 unspecified atom stereocenters. The van der Waals surface area contributed by atoms with Gasteiger partial charge in [0.05, 0.1) is 6.54 Å². The highest BCUT2D eigenvalue weighted by molar-refractivity contribution is 5.84. The van der Waals surface area contributed by atoms with E-state index in [4.69, 9.17) is 0 Å². The number of likely N-dealkylation sites (N-methyl/N-ethyl adjacent to an activating group) is 2. The highest BCUT2D eigenvalue weighted by Crippen LogP contribution is 1.90. The van der Waals surface area contributed by atoms with Crippen LogP contribution in [0.5, 0.6) is 0 Å². The molecule has 0 radical (unpaired) electrons. The van der Waals surface area contributed by atoms with Gasteiger partial charge in [0, 0.05) is 27.6 Å². The monoisotopic (exact) mass is 172 g/mol. The summed E-state index contributed by atoms with van der Waals surface area (Å²) in [7, 11) is 4.98. The van der Waals surface area contributed by atoms with Gasteiger partial charge in [-0.25, -0.2) is 0 Å². The lowest BCUT2D eigenvalue weighted by Gasteiger charge is -2.18. The summed E-state index contributed by atoms with van der Waals surface area (Å²) in [5, 5.41) is 0. The maximum absolute atomic E-state index is 11.1. The molecule has 0 aromatic rings. The van der Waals surface area contributed by atoms with Crippen LogP contribution in [-0.4, -0.2) is 49.3 Å². The van der Waals surface area contributed by atoms with Crippen LogP contribution in [-0.2, 0) is 9.59 Å². The first-order valence-corrected chi connectivity index (χ1v) is 3.93. The summed E-state index contributed by atoms with van der Waals surface area (Å²) in [6.45, 7) is 1.94. The van der Waals surface area contributed by atoms with Gasteiger partial charge in [-0.05, 0) is 0 Å². The fourth-order valence-corrected chi connectivity index (χ4v) is 0.702. The Balaban J connectivity index is 3.92. The Kier molecular flexibility index (Phi) is 4.33. The minimum Gasteiger partial charge on any atom is -0.347 e. The molecule has 0 heterocycles. The van der Waals surface area contributed by atoms with Gasteiger partial charge >= 0.3 is 0 Å². The fourth-order valence-electron chi connectivity index (χ4n) is 0.702. The lowest BCUT2D eigenvalue weighted by atomic mass is 10.4.